The van der Waals surface area contributed by atoms with E-state index in [1.165, 1.54) is 0 Å². The van der Waals surface area contributed by atoms with Gasteiger partial charge in [0.05, 0.1) is 36.3 Å². The largest absolute Gasteiger partial charge is 0.362 e. The molecule has 0 aliphatic rings. The highest BCUT2D eigenvalue weighted by molar-refractivity contribution is 5.86. The van der Waals surface area contributed by atoms with Gasteiger partial charge in [0.2, 0.25) is 0 Å². The number of rotatable bonds is 5. The van der Waals surface area contributed by atoms with Crippen molar-refractivity contribution in [3.8, 4) is 0 Å². The average Bonchev–Trinajstić information content (AvgIpc) is 3.20. The molecule has 4 heterocycles. The smallest absolute Gasteiger partial charge is 0.154 e. The van der Waals surface area contributed by atoms with E-state index in [-0.39, 0.29) is 0 Å². The maximum Gasteiger partial charge on any atom is 0.154 e. The summed E-state index contributed by atoms with van der Waals surface area (Å²) in [6.45, 7) is 3.19. The van der Waals surface area contributed by atoms with Gasteiger partial charge in [-0.2, -0.15) is 0 Å². The Hall–Kier alpha value is -3.22. The molecule has 126 valence electrons. The van der Waals surface area contributed by atoms with E-state index in [4.69, 9.17) is 0 Å². The lowest BCUT2D eigenvalue weighted by atomic mass is 10.3. The molecule has 25 heavy (non-hydrogen) atoms. The monoisotopic (exact) mass is 333 g/mol. The Morgan fingerprint density at radius 2 is 2.00 bits per heavy atom. The predicted molar refractivity (Wildman–Crippen MR) is 96.1 cm³/mol. The molecular formula is C18H19N7. The van der Waals surface area contributed by atoms with Crippen LogP contribution < -0.4 is 5.32 Å². The number of imidazole rings is 1. The fraction of sp³-hybridized carbons (Fsp3) is 0.222. The summed E-state index contributed by atoms with van der Waals surface area (Å²) in [4.78, 5) is 17.9. The second kappa shape index (κ2) is 6.35. The Kier molecular flexibility index (Phi) is 3.89. The van der Waals surface area contributed by atoms with Crippen LogP contribution in [-0.4, -0.2) is 29.1 Å². The molecule has 0 atom stereocenters. The molecule has 0 aliphatic carbocycles. The van der Waals surface area contributed by atoms with E-state index in [0.717, 1.165) is 34.1 Å². The third-order valence-electron chi connectivity index (χ3n) is 3.98. The Morgan fingerprint density at radius 1 is 1.08 bits per heavy atom. The second-order valence-corrected chi connectivity index (χ2v) is 6.00. The van der Waals surface area contributed by atoms with Crippen molar-refractivity contribution in [1.29, 1.82) is 0 Å². The van der Waals surface area contributed by atoms with Crippen LogP contribution in [0.2, 0.25) is 0 Å². The van der Waals surface area contributed by atoms with Crippen LogP contribution in [-0.2, 0) is 20.1 Å². The molecule has 0 radical (unpaired) electrons. The fourth-order valence-electron chi connectivity index (χ4n) is 2.88. The normalized spacial score (nSPS) is 11.1. The van der Waals surface area contributed by atoms with Gasteiger partial charge in [0, 0.05) is 25.6 Å². The predicted octanol–water partition coefficient (Wildman–Crippen LogP) is 2.53. The van der Waals surface area contributed by atoms with Crippen molar-refractivity contribution in [2.24, 2.45) is 7.05 Å². The van der Waals surface area contributed by atoms with Gasteiger partial charge in [0.1, 0.15) is 11.3 Å². The SMILES string of the molecule is Cc1nc(NCc2cn(C)cn2)c2c(ccn2Cc2ccccn2)n1. The Labute approximate surface area is 145 Å². The third kappa shape index (κ3) is 3.21. The molecule has 0 fully saturated rings. The highest BCUT2D eigenvalue weighted by Crippen LogP contribution is 2.23. The van der Waals surface area contributed by atoms with Crippen LogP contribution in [0.4, 0.5) is 5.82 Å². The maximum atomic E-state index is 4.60. The van der Waals surface area contributed by atoms with Crippen molar-refractivity contribution in [3.05, 3.63) is 66.4 Å². The van der Waals surface area contributed by atoms with Gasteiger partial charge in [0.15, 0.2) is 5.82 Å². The molecule has 0 amide bonds. The number of anilines is 1. The van der Waals surface area contributed by atoms with Crippen LogP contribution in [0.15, 0.2) is 49.2 Å². The molecule has 4 aromatic rings. The fourth-order valence-corrected chi connectivity index (χ4v) is 2.88. The Morgan fingerprint density at radius 3 is 2.76 bits per heavy atom. The topological polar surface area (TPSA) is 73.5 Å². The first-order valence-corrected chi connectivity index (χ1v) is 8.13. The molecule has 7 nitrogen and oxygen atoms in total. The molecule has 0 aliphatic heterocycles. The van der Waals surface area contributed by atoms with E-state index in [1.807, 2.05) is 61.4 Å². The Balaban J connectivity index is 1.68. The van der Waals surface area contributed by atoms with Gasteiger partial charge in [-0.25, -0.2) is 15.0 Å². The first-order chi connectivity index (χ1) is 12.2. The van der Waals surface area contributed by atoms with Gasteiger partial charge in [-0.1, -0.05) is 6.07 Å². The van der Waals surface area contributed by atoms with Crippen LogP contribution >= 0.6 is 0 Å². The van der Waals surface area contributed by atoms with Crippen molar-refractivity contribution >= 4 is 16.9 Å². The van der Waals surface area contributed by atoms with Crippen molar-refractivity contribution < 1.29 is 0 Å². The van der Waals surface area contributed by atoms with Crippen LogP contribution in [0.25, 0.3) is 11.0 Å². The molecule has 0 aromatic carbocycles. The lowest BCUT2D eigenvalue weighted by molar-refractivity contribution is 0.804. The zero-order chi connectivity index (χ0) is 17.2. The molecule has 7 heteroatoms. The zero-order valence-corrected chi connectivity index (χ0v) is 14.2. The summed E-state index contributed by atoms with van der Waals surface area (Å²) in [5.74, 6) is 1.56. The molecule has 4 rings (SSSR count). The summed E-state index contributed by atoms with van der Waals surface area (Å²) >= 11 is 0. The minimum atomic E-state index is 0.612. The van der Waals surface area contributed by atoms with E-state index in [1.54, 1.807) is 6.33 Å². The number of hydrogen-bond acceptors (Lipinski definition) is 5. The number of nitrogens with zero attached hydrogens (tertiary/aromatic N) is 6. The average molecular weight is 333 g/mol. The van der Waals surface area contributed by atoms with Crippen molar-refractivity contribution in [3.63, 3.8) is 0 Å². The molecule has 0 spiro atoms. The molecule has 0 saturated heterocycles. The van der Waals surface area contributed by atoms with Gasteiger partial charge in [0.25, 0.3) is 0 Å². The minimum Gasteiger partial charge on any atom is -0.362 e. The molecule has 4 aromatic heterocycles. The van der Waals surface area contributed by atoms with Crippen LogP contribution in [0.1, 0.15) is 17.2 Å². The number of hydrogen-bond donors (Lipinski definition) is 1. The number of pyridine rings is 1. The van der Waals surface area contributed by atoms with Gasteiger partial charge in [-0.3, -0.25) is 4.98 Å². The third-order valence-corrected chi connectivity index (χ3v) is 3.98. The van der Waals surface area contributed by atoms with Crippen LogP contribution in [0.3, 0.4) is 0 Å². The molecule has 1 N–H and O–H groups in total. The van der Waals surface area contributed by atoms with Crippen molar-refractivity contribution in [2.75, 3.05) is 5.32 Å². The zero-order valence-electron chi connectivity index (χ0n) is 14.2. The Bertz CT molecular complexity index is 1000. The van der Waals surface area contributed by atoms with Crippen molar-refractivity contribution in [1.82, 2.24) is 29.1 Å². The van der Waals surface area contributed by atoms with Crippen molar-refractivity contribution in [2.45, 2.75) is 20.0 Å². The lowest BCUT2D eigenvalue weighted by Gasteiger charge is -2.10. The maximum absolute atomic E-state index is 4.60. The minimum absolute atomic E-state index is 0.612. The van der Waals surface area contributed by atoms with Gasteiger partial charge < -0.3 is 14.5 Å². The van der Waals surface area contributed by atoms with Gasteiger partial charge >= 0.3 is 0 Å². The van der Waals surface area contributed by atoms with Crippen LogP contribution in [0.5, 0.6) is 0 Å². The second-order valence-electron chi connectivity index (χ2n) is 6.00. The molecule has 0 saturated carbocycles. The number of aromatic nitrogens is 6. The summed E-state index contributed by atoms with van der Waals surface area (Å²) in [6, 6.07) is 7.94. The van der Waals surface area contributed by atoms with E-state index >= 15 is 0 Å². The lowest BCUT2D eigenvalue weighted by Crippen LogP contribution is -2.08. The molecular weight excluding hydrogens is 314 g/mol. The number of aryl methyl sites for hydroxylation is 2. The van der Waals surface area contributed by atoms with Gasteiger partial charge in [-0.15, -0.1) is 0 Å². The summed E-state index contributed by atoms with van der Waals surface area (Å²) in [7, 11) is 1.96. The highest BCUT2D eigenvalue weighted by atomic mass is 15.1. The standard InChI is InChI=1S/C18H19N7/c1-13-22-16-6-8-25(11-14-5-3-4-7-19-14)17(16)18(23-13)20-9-15-10-24(2)12-21-15/h3-8,10,12H,9,11H2,1-2H3,(H,20,22,23). The summed E-state index contributed by atoms with van der Waals surface area (Å²) in [5.41, 5.74) is 3.87. The first-order valence-electron chi connectivity index (χ1n) is 8.13. The number of fused-ring (bicyclic) bond motifs is 1. The molecule has 0 bridgehead atoms. The highest BCUT2D eigenvalue weighted by Gasteiger charge is 2.12. The number of nitrogens with one attached hydrogen (secondary N) is 1. The van der Waals surface area contributed by atoms with E-state index < -0.39 is 0 Å². The van der Waals surface area contributed by atoms with E-state index in [0.29, 0.717) is 13.1 Å². The van der Waals surface area contributed by atoms with E-state index in [9.17, 15) is 0 Å². The first kappa shape index (κ1) is 15.3. The van der Waals surface area contributed by atoms with Gasteiger partial charge in [-0.05, 0) is 25.1 Å². The quantitative estimate of drug-likeness (QED) is 0.607. The summed E-state index contributed by atoms with van der Waals surface area (Å²) in [6.07, 6.45) is 7.62. The van der Waals surface area contributed by atoms with E-state index in [2.05, 4.69) is 29.8 Å². The summed E-state index contributed by atoms with van der Waals surface area (Å²) in [5, 5.41) is 3.40. The summed E-state index contributed by atoms with van der Waals surface area (Å²) < 4.78 is 4.06. The van der Waals surface area contributed by atoms with Crippen LogP contribution in [0, 0.1) is 6.92 Å². The molecule has 0 unspecified atom stereocenters.